The monoisotopic (exact) mass is 333 g/mol. The number of phenolic OH excluding ortho intramolecular Hbond substituents is 1. The molecular formula is C12H10F3N3O3S. The molecule has 0 fully saturated rings. The normalized spacial score (nSPS) is 11.3. The van der Waals surface area contributed by atoms with E-state index in [1.165, 1.54) is 7.05 Å². The third-order valence-corrected chi connectivity index (χ3v) is 3.45. The molecule has 1 heterocycles. The van der Waals surface area contributed by atoms with Gasteiger partial charge in [0.25, 0.3) is 11.5 Å². The number of halogens is 3. The SMILES string of the molecule is CNC(=O)c1c(Nc2cc(O)cc(C(F)(F)F)c2)s[nH]c1=O. The third-order valence-electron chi connectivity index (χ3n) is 2.66. The fraction of sp³-hybridized carbons (Fsp3) is 0.167. The first-order valence-electron chi connectivity index (χ1n) is 5.84. The molecule has 10 heteroatoms. The molecule has 0 atom stereocenters. The fourth-order valence-corrected chi connectivity index (χ4v) is 2.45. The van der Waals surface area contributed by atoms with E-state index in [-0.39, 0.29) is 16.3 Å². The van der Waals surface area contributed by atoms with Crippen molar-refractivity contribution in [3.63, 3.8) is 0 Å². The lowest BCUT2D eigenvalue weighted by Gasteiger charge is -2.11. The standard InChI is InChI=1S/C12H10F3N3O3S/c1-16-9(20)8-10(21)18-22-11(8)17-6-2-5(12(13,14)15)3-7(19)4-6/h2-4,17,19H,1H3,(H,16,20)(H,18,21). The van der Waals surface area contributed by atoms with Crippen molar-refractivity contribution in [3.05, 3.63) is 39.7 Å². The Morgan fingerprint density at radius 2 is 2.00 bits per heavy atom. The van der Waals surface area contributed by atoms with Crippen LogP contribution in [0.2, 0.25) is 0 Å². The van der Waals surface area contributed by atoms with E-state index >= 15 is 0 Å². The molecule has 22 heavy (non-hydrogen) atoms. The van der Waals surface area contributed by atoms with Gasteiger partial charge in [0.05, 0.1) is 5.56 Å². The minimum absolute atomic E-state index is 0.0445. The number of aromatic amines is 1. The molecular weight excluding hydrogens is 323 g/mol. The van der Waals surface area contributed by atoms with E-state index in [9.17, 15) is 27.9 Å². The Kier molecular flexibility index (Phi) is 4.13. The van der Waals surface area contributed by atoms with Crippen molar-refractivity contribution in [2.75, 3.05) is 12.4 Å². The largest absolute Gasteiger partial charge is 0.508 e. The molecule has 0 saturated heterocycles. The molecule has 0 aliphatic carbocycles. The number of anilines is 2. The summed E-state index contributed by atoms with van der Waals surface area (Å²) in [5, 5.41) is 14.2. The molecule has 0 radical (unpaired) electrons. The van der Waals surface area contributed by atoms with Crippen LogP contribution in [-0.2, 0) is 6.18 Å². The van der Waals surface area contributed by atoms with Gasteiger partial charge in [0, 0.05) is 18.8 Å². The molecule has 0 spiro atoms. The number of carbonyl (C=O) groups excluding carboxylic acids is 1. The van der Waals surface area contributed by atoms with Gasteiger partial charge in [0.1, 0.15) is 16.3 Å². The number of H-pyrrole nitrogens is 1. The Labute approximate surface area is 125 Å². The number of aromatic hydroxyl groups is 1. The predicted molar refractivity (Wildman–Crippen MR) is 74.7 cm³/mol. The lowest BCUT2D eigenvalue weighted by molar-refractivity contribution is -0.137. The summed E-state index contributed by atoms with van der Waals surface area (Å²) >= 11 is 0.762. The Morgan fingerprint density at radius 3 is 2.59 bits per heavy atom. The van der Waals surface area contributed by atoms with Gasteiger partial charge in [-0.05, 0) is 23.7 Å². The maximum absolute atomic E-state index is 12.7. The number of phenols is 1. The number of alkyl halides is 3. The third kappa shape index (κ3) is 3.22. The van der Waals surface area contributed by atoms with E-state index < -0.39 is 29.0 Å². The maximum Gasteiger partial charge on any atom is 0.416 e. The first-order valence-corrected chi connectivity index (χ1v) is 6.66. The zero-order valence-corrected chi connectivity index (χ0v) is 11.9. The molecule has 1 aromatic carbocycles. The molecule has 4 N–H and O–H groups in total. The summed E-state index contributed by atoms with van der Waals surface area (Å²) in [5.74, 6) is -1.28. The predicted octanol–water partition coefficient (Wildman–Crippen LogP) is 2.26. The number of rotatable bonds is 3. The minimum atomic E-state index is -4.63. The van der Waals surface area contributed by atoms with E-state index in [1.54, 1.807) is 0 Å². The van der Waals surface area contributed by atoms with Gasteiger partial charge in [0.15, 0.2) is 0 Å². The van der Waals surface area contributed by atoms with Crippen molar-refractivity contribution in [1.29, 1.82) is 0 Å². The van der Waals surface area contributed by atoms with Crippen molar-refractivity contribution < 1.29 is 23.1 Å². The Balaban J connectivity index is 2.42. The van der Waals surface area contributed by atoms with Gasteiger partial charge >= 0.3 is 6.18 Å². The molecule has 0 aliphatic heterocycles. The van der Waals surface area contributed by atoms with Gasteiger partial charge in [-0.2, -0.15) is 13.2 Å². The number of benzene rings is 1. The van der Waals surface area contributed by atoms with Crippen LogP contribution < -0.4 is 16.2 Å². The summed E-state index contributed by atoms with van der Waals surface area (Å²) in [7, 11) is 1.32. The minimum Gasteiger partial charge on any atom is -0.508 e. The number of carbonyl (C=O) groups is 1. The number of hydrogen-bond acceptors (Lipinski definition) is 5. The van der Waals surface area contributed by atoms with Crippen molar-refractivity contribution >= 4 is 28.1 Å². The Hall–Kier alpha value is -2.49. The fourth-order valence-electron chi connectivity index (χ4n) is 1.70. The van der Waals surface area contributed by atoms with Crippen LogP contribution >= 0.6 is 11.5 Å². The summed E-state index contributed by atoms with van der Waals surface area (Å²) in [6.07, 6.45) is -4.63. The van der Waals surface area contributed by atoms with Gasteiger partial charge < -0.3 is 15.7 Å². The summed E-state index contributed by atoms with van der Waals surface area (Å²) in [4.78, 5) is 23.2. The highest BCUT2D eigenvalue weighted by molar-refractivity contribution is 7.10. The van der Waals surface area contributed by atoms with Crippen LogP contribution in [-0.4, -0.2) is 22.4 Å². The lowest BCUT2D eigenvalue weighted by Crippen LogP contribution is -2.24. The van der Waals surface area contributed by atoms with E-state index in [0.29, 0.717) is 6.07 Å². The summed E-state index contributed by atoms with van der Waals surface area (Å²) < 4.78 is 40.4. The van der Waals surface area contributed by atoms with Crippen LogP contribution in [0.25, 0.3) is 0 Å². The molecule has 0 unspecified atom stereocenters. The van der Waals surface area contributed by atoms with E-state index in [0.717, 1.165) is 23.7 Å². The average molecular weight is 333 g/mol. The van der Waals surface area contributed by atoms with Gasteiger partial charge in [0.2, 0.25) is 0 Å². The Morgan fingerprint density at radius 1 is 1.32 bits per heavy atom. The molecule has 1 amide bonds. The summed E-state index contributed by atoms with van der Waals surface area (Å²) in [6.45, 7) is 0. The van der Waals surface area contributed by atoms with Crippen LogP contribution in [0.3, 0.4) is 0 Å². The van der Waals surface area contributed by atoms with Crippen LogP contribution in [0, 0.1) is 0 Å². The van der Waals surface area contributed by atoms with Crippen molar-refractivity contribution in [2.45, 2.75) is 6.18 Å². The number of nitrogens with one attached hydrogen (secondary N) is 3. The molecule has 1 aromatic heterocycles. The number of amides is 1. The van der Waals surface area contributed by atoms with Crippen LogP contribution in [0.1, 0.15) is 15.9 Å². The highest BCUT2D eigenvalue weighted by Crippen LogP contribution is 2.35. The molecule has 2 rings (SSSR count). The Bertz CT molecular complexity index is 767. The molecule has 0 bridgehead atoms. The first-order chi connectivity index (χ1) is 10.2. The lowest BCUT2D eigenvalue weighted by atomic mass is 10.1. The van der Waals surface area contributed by atoms with Gasteiger partial charge in [-0.1, -0.05) is 0 Å². The molecule has 0 aliphatic rings. The summed E-state index contributed by atoms with van der Waals surface area (Å²) in [5.41, 5.74) is -2.07. The second-order valence-corrected chi connectivity index (χ2v) is 5.02. The van der Waals surface area contributed by atoms with Crippen molar-refractivity contribution in [1.82, 2.24) is 9.69 Å². The van der Waals surface area contributed by atoms with Crippen molar-refractivity contribution in [3.8, 4) is 5.75 Å². The quantitative estimate of drug-likeness (QED) is 0.693. The van der Waals surface area contributed by atoms with Crippen LogP contribution in [0.5, 0.6) is 5.75 Å². The topological polar surface area (TPSA) is 94.2 Å². The van der Waals surface area contributed by atoms with Gasteiger partial charge in [-0.25, -0.2) is 0 Å². The second-order valence-electron chi connectivity index (χ2n) is 4.21. The maximum atomic E-state index is 12.7. The molecule has 118 valence electrons. The first kappa shape index (κ1) is 15.9. The number of hydrogen-bond donors (Lipinski definition) is 4. The van der Waals surface area contributed by atoms with Crippen molar-refractivity contribution in [2.24, 2.45) is 0 Å². The van der Waals surface area contributed by atoms with E-state index in [1.807, 2.05) is 0 Å². The molecule has 6 nitrogen and oxygen atoms in total. The highest BCUT2D eigenvalue weighted by Gasteiger charge is 2.31. The smallest absolute Gasteiger partial charge is 0.416 e. The molecule has 2 aromatic rings. The van der Waals surface area contributed by atoms with E-state index in [4.69, 9.17) is 0 Å². The highest BCUT2D eigenvalue weighted by atomic mass is 32.1. The van der Waals surface area contributed by atoms with Crippen LogP contribution in [0.4, 0.5) is 23.9 Å². The average Bonchev–Trinajstić information content (AvgIpc) is 2.77. The van der Waals surface area contributed by atoms with Gasteiger partial charge in [-0.15, -0.1) is 0 Å². The van der Waals surface area contributed by atoms with Crippen LogP contribution in [0.15, 0.2) is 23.0 Å². The van der Waals surface area contributed by atoms with E-state index in [2.05, 4.69) is 15.0 Å². The zero-order valence-electron chi connectivity index (χ0n) is 11.0. The zero-order chi connectivity index (χ0) is 16.5. The second kappa shape index (κ2) is 5.72. The number of aromatic nitrogens is 1. The summed E-state index contributed by atoms with van der Waals surface area (Å²) in [6, 6.07) is 2.38. The molecule has 0 saturated carbocycles. The van der Waals surface area contributed by atoms with Gasteiger partial charge in [-0.3, -0.25) is 14.0 Å².